The Kier molecular flexibility index (Phi) is 6.30. The monoisotopic (exact) mass is 491 g/mol. The van der Waals surface area contributed by atoms with Crippen molar-refractivity contribution < 1.29 is 13.9 Å². The molecule has 2 heterocycles. The fraction of sp³-hybridized carbons (Fsp3) is 0.0690. The lowest BCUT2D eigenvalue weighted by Crippen LogP contribution is -2.28. The van der Waals surface area contributed by atoms with E-state index in [1.54, 1.807) is 24.3 Å². The highest BCUT2D eigenvalue weighted by atomic mass is 16.1. The van der Waals surface area contributed by atoms with Gasteiger partial charge in [-0.25, -0.2) is 9.13 Å². The number of aromatic nitrogens is 2. The average molecular weight is 492 g/mol. The number of benzene rings is 3. The second-order valence-electron chi connectivity index (χ2n) is 8.95. The number of anilines is 7. The lowest BCUT2D eigenvalue weighted by Gasteiger charge is -2.12. The molecule has 8 heteroatoms. The molecule has 0 radical (unpaired) electrons. The minimum absolute atomic E-state index is 0.237. The van der Waals surface area contributed by atoms with Crippen molar-refractivity contribution in [2.24, 2.45) is 14.1 Å². The number of nitrogens with two attached hydrogens (primary N) is 2. The number of nitrogen functional groups attached to an aromatic ring is 2. The molecule has 0 aliphatic heterocycles. The van der Waals surface area contributed by atoms with Crippen LogP contribution in [0.3, 0.4) is 0 Å². The van der Waals surface area contributed by atoms with Gasteiger partial charge in [0.2, 0.25) is 5.52 Å². The molecule has 2 aromatic heterocycles. The van der Waals surface area contributed by atoms with Crippen molar-refractivity contribution in [3.05, 3.63) is 103 Å². The van der Waals surface area contributed by atoms with E-state index in [4.69, 9.17) is 11.5 Å². The summed E-state index contributed by atoms with van der Waals surface area (Å²) in [7, 11) is 3.96. The maximum Gasteiger partial charge on any atom is 0.255 e. The van der Waals surface area contributed by atoms with Crippen molar-refractivity contribution in [3.8, 4) is 0 Å². The molecular weight excluding hydrogens is 462 g/mol. The summed E-state index contributed by atoms with van der Waals surface area (Å²) in [6, 6.07) is 24.5. The molecule has 5 aromatic rings. The van der Waals surface area contributed by atoms with E-state index < -0.39 is 0 Å². The van der Waals surface area contributed by atoms with E-state index in [0.717, 1.165) is 33.7 Å². The van der Waals surface area contributed by atoms with Crippen LogP contribution in [-0.2, 0) is 14.1 Å². The van der Waals surface area contributed by atoms with E-state index in [2.05, 4.69) is 16.0 Å². The molecule has 0 bridgehead atoms. The van der Waals surface area contributed by atoms with Gasteiger partial charge >= 0.3 is 0 Å². The Labute approximate surface area is 215 Å². The zero-order chi connectivity index (χ0) is 25.9. The Morgan fingerprint density at radius 3 is 2.14 bits per heavy atom. The van der Waals surface area contributed by atoms with E-state index in [9.17, 15) is 4.79 Å². The topological polar surface area (TPSA) is 113 Å². The summed E-state index contributed by atoms with van der Waals surface area (Å²) in [6.45, 7) is 0. The maximum atomic E-state index is 12.9. The molecule has 0 saturated carbocycles. The van der Waals surface area contributed by atoms with E-state index in [0.29, 0.717) is 22.6 Å². The molecule has 0 spiro atoms. The number of pyridine rings is 2. The highest BCUT2D eigenvalue weighted by Gasteiger charge is 2.12. The third kappa shape index (κ3) is 5.28. The SMILES string of the molecule is C[n+]1ccc(Nc2ccc(NC(=O)c3ccc(Nc4cc[n+](C)c5ccc(N)cc45)cc3)c(N)c2)cc1. The third-order valence-corrected chi connectivity index (χ3v) is 6.15. The summed E-state index contributed by atoms with van der Waals surface area (Å²) in [5, 5.41) is 10.6. The molecule has 8 nitrogen and oxygen atoms in total. The Hall–Kier alpha value is -5.11. The molecule has 184 valence electrons. The molecule has 0 unspecified atom stereocenters. The predicted molar refractivity (Wildman–Crippen MR) is 149 cm³/mol. The smallest absolute Gasteiger partial charge is 0.255 e. The molecule has 0 atom stereocenters. The molecule has 0 aliphatic carbocycles. The van der Waals surface area contributed by atoms with Crippen molar-refractivity contribution >= 4 is 56.6 Å². The van der Waals surface area contributed by atoms with Crippen LogP contribution in [-0.4, -0.2) is 5.91 Å². The van der Waals surface area contributed by atoms with Gasteiger partial charge in [-0.05, 0) is 54.6 Å². The van der Waals surface area contributed by atoms with Gasteiger partial charge in [0.1, 0.15) is 14.1 Å². The maximum absolute atomic E-state index is 12.9. The molecular formula is C29H29N7O+2. The number of aryl methyl sites for hydroxylation is 2. The lowest BCUT2D eigenvalue weighted by molar-refractivity contribution is -0.671. The number of fused-ring (bicyclic) bond motifs is 1. The van der Waals surface area contributed by atoms with Gasteiger partial charge in [0, 0.05) is 46.9 Å². The van der Waals surface area contributed by atoms with Crippen molar-refractivity contribution in [2.75, 3.05) is 27.4 Å². The van der Waals surface area contributed by atoms with Gasteiger partial charge in [-0.2, -0.15) is 0 Å². The molecule has 1 amide bonds. The number of nitrogens with zero attached hydrogens (tertiary/aromatic N) is 2. The Bertz CT molecular complexity index is 1600. The summed E-state index contributed by atoms with van der Waals surface area (Å²) < 4.78 is 4.00. The summed E-state index contributed by atoms with van der Waals surface area (Å²) >= 11 is 0. The second kappa shape index (κ2) is 9.87. The van der Waals surface area contributed by atoms with Crippen LogP contribution in [0, 0.1) is 0 Å². The highest BCUT2D eigenvalue weighted by molar-refractivity contribution is 6.06. The van der Waals surface area contributed by atoms with E-state index in [1.807, 2.05) is 96.4 Å². The van der Waals surface area contributed by atoms with Crippen LogP contribution in [0.4, 0.5) is 39.8 Å². The van der Waals surface area contributed by atoms with Gasteiger partial charge in [0.25, 0.3) is 5.91 Å². The second-order valence-corrected chi connectivity index (χ2v) is 8.95. The number of carbonyl (C=O) groups is 1. The number of rotatable bonds is 6. The average Bonchev–Trinajstić information content (AvgIpc) is 2.89. The molecule has 5 rings (SSSR count). The lowest BCUT2D eigenvalue weighted by atomic mass is 10.1. The number of nitrogens with one attached hydrogen (secondary N) is 3. The summed E-state index contributed by atoms with van der Waals surface area (Å²) in [5.74, 6) is -0.237. The van der Waals surface area contributed by atoms with Crippen LogP contribution in [0.15, 0.2) is 97.5 Å². The van der Waals surface area contributed by atoms with Crippen LogP contribution in [0.1, 0.15) is 10.4 Å². The van der Waals surface area contributed by atoms with Gasteiger partial charge in [0.05, 0.1) is 28.1 Å². The van der Waals surface area contributed by atoms with Crippen LogP contribution in [0.5, 0.6) is 0 Å². The fourth-order valence-electron chi connectivity index (χ4n) is 4.10. The third-order valence-electron chi connectivity index (χ3n) is 6.15. The fourth-order valence-corrected chi connectivity index (χ4v) is 4.10. The predicted octanol–water partition coefficient (Wildman–Crippen LogP) is 4.39. The normalized spacial score (nSPS) is 10.8. The van der Waals surface area contributed by atoms with Crippen molar-refractivity contribution in [3.63, 3.8) is 0 Å². The largest absolute Gasteiger partial charge is 0.399 e. The molecule has 37 heavy (non-hydrogen) atoms. The van der Waals surface area contributed by atoms with E-state index in [-0.39, 0.29) is 5.91 Å². The number of carbonyl (C=O) groups excluding carboxylic acids is 1. The molecule has 0 saturated heterocycles. The Morgan fingerprint density at radius 1 is 0.703 bits per heavy atom. The number of hydrogen-bond donors (Lipinski definition) is 5. The molecule has 7 N–H and O–H groups in total. The number of amides is 1. The standard InChI is InChI=1S/C29H27N7O/c1-35-14-11-22(12-15-35)32-23-8-9-27(25(31)18-23)34-29(37)19-3-6-21(7-4-19)33-26-13-16-36(2)28-10-5-20(30)17-24(26)28/h3-18H,30-31H2,1-2H3,(H,34,37)/p+2. The number of hydrogen-bond acceptors (Lipinski definition) is 5. The Morgan fingerprint density at radius 2 is 1.41 bits per heavy atom. The first-order chi connectivity index (χ1) is 17.9. The van der Waals surface area contributed by atoms with Gasteiger partial charge in [0.15, 0.2) is 18.6 Å². The molecule has 0 aliphatic rings. The van der Waals surface area contributed by atoms with Crippen molar-refractivity contribution in [2.45, 2.75) is 0 Å². The Balaban J connectivity index is 1.27. The zero-order valence-electron chi connectivity index (χ0n) is 20.7. The first-order valence-electron chi connectivity index (χ1n) is 11.8. The first kappa shape index (κ1) is 23.6. The summed E-state index contributed by atoms with van der Waals surface area (Å²) in [6.07, 6.45) is 5.91. The molecule has 3 aromatic carbocycles. The van der Waals surface area contributed by atoms with Gasteiger partial charge in [-0.15, -0.1) is 0 Å². The van der Waals surface area contributed by atoms with Crippen molar-refractivity contribution in [1.82, 2.24) is 0 Å². The van der Waals surface area contributed by atoms with Crippen LogP contribution in [0.25, 0.3) is 10.9 Å². The molecule has 0 fully saturated rings. The van der Waals surface area contributed by atoms with E-state index >= 15 is 0 Å². The minimum atomic E-state index is -0.237. The highest BCUT2D eigenvalue weighted by Crippen LogP contribution is 2.28. The summed E-state index contributed by atoms with van der Waals surface area (Å²) in [4.78, 5) is 12.9. The van der Waals surface area contributed by atoms with Crippen LogP contribution < -0.4 is 36.6 Å². The van der Waals surface area contributed by atoms with Crippen LogP contribution >= 0.6 is 0 Å². The van der Waals surface area contributed by atoms with Crippen molar-refractivity contribution in [1.29, 1.82) is 0 Å². The first-order valence-corrected chi connectivity index (χ1v) is 11.8. The van der Waals surface area contributed by atoms with Gasteiger partial charge in [-0.1, -0.05) is 0 Å². The van der Waals surface area contributed by atoms with E-state index in [1.165, 1.54) is 0 Å². The quantitative estimate of drug-likeness (QED) is 0.179. The van der Waals surface area contributed by atoms with Gasteiger partial charge < -0.3 is 27.4 Å². The zero-order valence-corrected chi connectivity index (χ0v) is 20.7. The minimum Gasteiger partial charge on any atom is -0.399 e. The summed E-state index contributed by atoms with van der Waals surface area (Å²) in [5.41, 5.74) is 19.1. The van der Waals surface area contributed by atoms with Gasteiger partial charge in [-0.3, -0.25) is 4.79 Å². The van der Waals surface area contributed by atoms with Crippen LogP contribution in [0.2, 0.25) is 0 Å².